The fourth-order valence-electron chi connectivity index (χ4n) is 0. The summed E-state index contributed by atoms with van der Waals surface area (Å²) in [6.07, 6.45) is 0. The molecular formula is H7K3LiO4P. The molecule has 0 bridgehead atoms. The van der Waals surface area contributed by atoms with Gasteiger partial charge in [0.25, 0.3) is 0 Å². The zero-order valence-electron chi connectivity index (χ0n) is 2.20. The van der Waals surface area contributed by atoms with Gasteiger partial charge in [-0.2, -0.15) is 0 Å². The molecule has 0 heterocycles. The topological polar surface area (TPSA) is 77.8 Å². The van der Waals surface area contributed by atoms with E-state index < -0.39 is 7.82 Å². The fraction of sp³-hybridized carbons (Fsp3) is 0. The van der Waals surface area contributed by atoms with Crippen LogP contribution < -0.4 is 0 Å². The fourth-order valence-corrected chi connectivity index (χ4v) is 0. The molecule has 9 heteroatoms. The van der Waals surface area contributed by atoms with E-state index in [9.17, 15) is 0 Å². The van der Waals surface area contributed by atoms with E-state index in [1.807, 2.05) is 0 Å². The van der Waals surface area contributed by atoms with Crippen LogP contribution in [0.2, 0.25) is 0 Å². The normalized spacial score (nSPS) is 6.56. The van der Waals surface area contributed by atoms with Gasteiger partial charge in [-0.25, -0.2) is 4.57 Å². The zero-order chi connectivity index (χ0) is 4.50. The monoisotopic (exact) mass is 226 g/mol. The van der Waals surface area contributed by atoms with Crippen LogP contribution in [0.5, 0.6) is 0 Å². The van der Waals surface area contributed by atoms with Crippen LogP contribution in [0.15, 0.2) is 0 Å². The Morgan fingerprint density at radius 2 is 0.889 bits per heavy atom. The van der Waals surface area contributed by atoms with Gasteiger partial charge in [0.2, 0.25) is 0 Å². The molecule has 0 fully saturated rings. The average Bonchev–Trinajstić information content (AvgIpc) is 0.722. The van der Waals surface area contributed by atoms with Gasteiger partial charge in [-0.1, -0.05) is 0 Å². The van der Waals surface area contributed by atoms with Crippen molar-refractivity contribution in [2.24, 2.45) is 0 Å². The van der Waals surface area contributed by atoms with Gasteiger partial charge in [0.1, 0.15) is 0 Å². The summed E-state index contributed by atoms with van der Waals surface area (Å²) < 4.78 is 8.88. The van der Waals surface area contributed by atoms with Crippen molar-refractivity contribution in [2.45, 2.75) is 0 Å². The van der Waals surface area contributed by atoms with Crippen LogP contribution in [0.1, 0.15) is 0 Å². The molecule has 0 atom stereocenters. The molecular weight excluding hydrogens is 219 g/mol. The molecule has 3 N–H and O–H groups in total. The molecule has 0 aromatic rings. The zero-order valence-corrected chi connectivity index (χ0v) is 3.09. The molecule has 0 aliphatic heterocycles. The Bertz CT molecular complexity index is 61.9. The Labute approximate surface area is 193 Å². The first-order valence-electron chi connectivity index (χ1n) is 0.783. The summed E-state index contributed by atoms with van der Waals surface area (Å²) in [6.45, 7) is 0. The van der Waals surface area contributed by atoms with Crippen LogP contribution in [0.25, 0.3) is 0 Å². The van der Waals surface area contributed by atoms with E-state index in [0.29, 0.717) is 0 Å². The predicted molar refractivity (Wildman–Crippen MR) is 42.9 cm³/mol. The van der Waals surface area contributed by atoms with Gasteiger partial charge in [0, 0.05) is 0 Å². The molecule has 0 aromatic carbocycles. The van der Waals surface area contributed by atoms with Crippen molar-refractivity contribution in [3.05, 3.63) is 0 Å². The van der Waals surface area contributed by atoms with Crippen molar-refractivity contribution >= 4 is 181 Å². The van der Waals surface area contributed by atoms with E-state index in [1.165, 1.54) is 0 Å². The minimum absolute atomic E-state index is 0. The van der Waals surface area contributed by atoms with E-state index in [4.69, 9.17) is 19.2 Å². The summed E-state index contributed by atoms with van der Waals surface area (Å²) in [5, 5.41) is 0. The molecule has 0 amide bonds. The van der Waals surface area contributed by atoms with Crippen LogP contribution in [0, 0.1) is 0 Å². The average molecular weight is 226 g/mol. The van der Waals surface area contributed by atoms with E-state index >= 15 is 0 Å². The third-order valence-electron chi connectivity index (χ3n) is 0. The Kier molecular flexibility index (Phi) is 52.3. The maximum absolute atomic E-state index is 8.88. The Morgan fingerprint density at radius 3 is 0.889 bits per heavy atom. The Balaban J connectivity index is -0.0000000133. The standard InChI is InChI=1S/3K.Li.H3O4P.4H/c;;;;1-5(2,3)4;;;;/h;;;;(H3,1,2,3,4);;;;. The predicted octanol–water partition coefficient (Wildman–Crippen LogP) is -3.52. The van der Waals surface area contributed by atoms with Crippen LogP contribution in [-0.4, -0.2) is 188 Å². The van der Waals surface area contributed by atoms with E-state index in [1.54, 1.807) is 0 Å². The minimum atomic E-state index is -4.64. The molecule has 0 unspecified atom stereocenters. The van der Waals surface area contributed by atoms with Gasteiger partial charge >= 0.3 is 181 Å². The van der Waals surface area contributed by atoms with Crippen molar-refractivity contribution in [1.29, 1.82) is 0 Å². The molecule has 0 aliphatic rings. The van der Waals surface area contributed by atoms with E-state index in [0.717, 1.165) is 0 Å². The van der Waals surface area contributed by atoms with Gasteiger partial charge in [-0.15, -0.1) is 0 Å². The first kappa shape index (κ1) is 29.3. The summed E-state index contributed by atoms with van der Waals surface area (Å²) >= 11 is 0. The second-order valence-corrected chi connectivity index (χ2v) is 1.54. The molecule has 0 aliphatic carbocycles. The van der Waals surface area contributed by atoms with E-state index in [2.05, 4.69) is 0 Å². The van der Waals surface area contributed by atoms with Gasteiger partial charge < -0.3 is 14.7 Å². The number of phosphoric acid groups is 1. The Morgan fingerprint density at radius 1 is 0.889 bits per heavy atom. The van der Waals surface area contributed by atoms with Gasteiger partial charge in [-0.3, -0.25) is 0 Å². The molecule has 4 nitrogen and oxygen atoms in total. The summed E-state index contributed by atoms with van der Waals surface area (Å²) in [6, 6.07) is 0. The number of hydrogen-bond donors (Lipinski definition) is 3. The SMILES string of the molecule is O=P(O)(O)O.[KH].[KH].[KH].[LiH]. The van der Waals surface area contributed by atoms with Crippen LogP contribution >= 0.6 is 7.82 Å². The summed E-state index contributed by atoms with van der Waals surface area (Å²) in [5.41, 5.74) is 0. The second kappa shape index (κ2) is 16.1. The molecule has 0 spiro atoms. The summed E-state index contributed by atoms with van der Waals surface area (Å²) in [4.78, 5) is 21.6. The van der Waals surface area contributed by atoms with Crippen molar-refractivity contribution < 1.29 is 19.2 Å². The van der Waals surface area contributed by atoms with Crippen molar-refractivity contribution in [3.8, 4) is 0 Å². The molecule has 0 saturated heterocycles. The Hall–Kier alpha value is 5.62. The summed E-state index contributed by atoms with van der Waals surface area (Å²) in [7, 11) is -4.64. The molecule has 0 saturated carbocycles. The quantitative estimate of drug-likeness (QED) is 0.295. The van der Waals surface area contributed by atoms with Gasteiger partial charge in [-0.05, 0) is 0 Å². The maximum atomic E-state index is 8.88. The van der Waals surface area contributed by atoms with Crippen LogP contribution in [0.4, 0.5) is 0 Å². The van der Waals surface area contributed by atoms with Gasteiger partial charge in [0.05, 0.1) is 0 Å². The van der Waals surface area contributed by atoms with Crippen LogP contribution in [-0.2, 0) is 4.57 Å². The summed E-state index contributed by atoms with van der Waals surface area (Å²) in [5.74, 6) is 0. The first-order chi connectivity index (χ1) is 2.00. The van der Waals surface area contributed by atoms with Crippen LogP contribution in [0.3, 0.4) is 0 Å². The molecule has 0 rings (SSSR count). The van der Waals surface area contributed by atoms with Crippen molar-refractivity contribution in [3.63, 3.8) is 0 Å². The molecule has 0 aromatic heterocycles. The van der Waals surface area contributed by atoms with Crippen molar-refractivity contribution in [1.82, 2.24) is 0 Å². The molecule has 0 radical (unpaired) electrons. The number of hydrogen-bond acceptors (Lipinski definition) is 1. The molecule has 40 valence electrons. The number of rotatable bonds is 0. The third kappa shape index (κ3) is 58.2. The van der Waals surface area contributed by atoms with Gasteiger partial charge in [0.15, 0.2) is 0 Å². The van der Waals surface area contributed by atoms with Crippen molar-refractivity contribution in [2.75, 3.05) is 0 Å². The van der Waals surface area contributed by atoms with E-state index in [-0.39, 0.29) is 173 Å². The first-order valence-corrected chi connectivity index (χ1v) is 2.35. The third-order valence-corrected chi connectivity index (χ3v) is 0. The second-order valence-electron chi connectivity index (χ2n) is 0.513. The molecule has 9 heavy (non-hydrogen) atoms.